The molecule has 0 spiro atoms. The van der Waals surface area contributed by atoms with E-state index >= 15 is 0 Å². The first-order valence-corrected chi connectivity index (χ1v) is 7.44. The minimum Gasteiger partial charge on any atom is -0.436 e. The van der Waals surface area contributed by atoms with Crippen molar-refractivity contribution in [2.75, 3.05) is 19.6 Å². The minimum atomic E-state index is -0.0383. The molecule has 2 heterocycles. The monoisotopic (exact) mass is 279 g/mol. The van der Waals surface area contributed by atoms with Gasteiger partial charge in [0.2, 0.25) is 5.76 Å². The molecule has 1 aromatic rings. The first-order chi connectivity index (χ1) is 9.49. The zero-order valence-corrected chi connectivity index (χ0v) is 12.9. The van der Waals surface area contributed by atoms with Crippen molar-refractivity contribution in [1.82, 2.24) is 15.2 Å². The fourth-order valence-electron chi connectivity index (χ4n) is 2.75. The van der Waals surface area contributed by atoms with Gasteiger partial charge in [0.05, 0.1) is 5.69 Å². The lowest BCUT2D eigenvalue weighted by Crippen LogP contribution is -2.44. The zero-order valence-electron chi connectivity index (χ0n) is 12.9. The summed E-state index contributed by atoms with van der Waals surface area (Å²) in [6.45, 7) is 10.6. The number of aromatic nitrogens is 1. The molecule has 1 unspecified atom stereocenters. The number of aryl methyl sites for hydroxylation is 2. The van der Waals surface area contributed by atoms with Crippen molar-refractivity contribution in [3.05, 3.63) is 17.3 Å². The Hall–Kier alpha value is -1.36. The Kier molecular flexibility index (Phi) is 4.81. The van der Waals surface area contributed by atoms with E-state index in [9.17, 15) is 4.79 Å². The van der Waals surface area contributed by atoms with Gasteiger partial charge in [-0.2, -0.15) is 0 Å². The zero-order chi connectivity index (χ0) is 14.7. The van der Waals surface area contributed by atoms with Crippen molar-refractivity contribution >= 4 is 5.91 Å². The third kappa shape index (κ3) is 3.39. The summed E-state index contributed by atoms with van der Waals surface area (Å²) in [6, 6.07) is 0.161. The highest BCUT2D eigenvalue weighted by Crippen LogP contribution is 2.18. The van der Waals surface area contributed by atoms with Crippen LogP contribution in [0.4, 0.5) is 0 Å². The fourth-order valence-corrected chi connectivity index (χ4v) is 2.75. The van der Waals surface area contributed by atoms with Crippen LogP contribution in [0.1, 0.15) is 48.8 Å². The molecule has 1 aliphatic rings. The van der Waals surface area contributed by atoms with E-state index in [1.165, 1.54) is 12.8 Å². The first kappa shape index (κ1) is 15.0. The van der Waals surface area contributed by atoms with Gasteiger partial charge in [-0.25, -0.2) is 4.98 Å². The highest BCUT2D eigenvalue weighted by molar-refractivity contribution is 5.92. The van der Waals surface area contributed by atoms with Gasteiger partial charge in [0.25, 0.3) is 5.91 Å². The molecular weight excluding hydrogens is 254 g/mol. The molecule has 1 atom stereocenters. The number of carbonyl (C=O) groups is 1. The number of oxazole rings is 1. The maximum atomic E-state index is 12.7. The molecule has 2 rings (SSSR count). The molecule has 1 aliphatic heterocycles. The molecule has 0 aromatic carbocycles. The molecule has 5 heteroatoms. The second-order valence-electron chi connectivity index (χ2n) is 5.91. The fraction of sp³-hybridized carbons (Fsp3) is 0.733. The van der Waals surface area contributed by atoms with E-state index < -0.39 is 0 Å². The van der Waals surface area contributed by atoms with Gasteiger partial charge in [-0.1, -0.05) is 0 Å². The third-order valence-corrected chi connectivity index (χ3v) is 3.84. The molecule has 0 saturated carbocycles. The Labute approximate surface area is 120 Å². The van der Waals surface area contributed by atoms with E-state index in [4.69, 9.17) is 4.42 Å². The molecule has 1 N–H and O–H groups in total. The van der Waals surface area contributed by atoms with Crippen molar-refractivity contribution in [2.45, 2.75) is 46.6 Å². The Morgan fingerprint density at radius 2 is 2.25 bits per heavy atom. The predicted molar refractivity (Wildman–Crippen MR) is 77.7 cm³/mol. The number of rotatable bonds is 4. The summed E-state index contributed by atoms with van der Waals surface area (Å²) in [7, 11) is 0. The highest BCUT2D eigenvalue weighted by atomic mass is 16.4. The summed E-state index contributed by atoms with van der Waals surface area (Å²) in [5, 5.41) is 3.40. The van der Waals surface area contributed by atoms with Crippen molar-refractivity contribution in [3.63, 3.8) is 0 Å². The van der Waals surface area contributed by atoms with Gasteiger partial charge in [-0.15, -0.1) is 0 Å². The van der Waals surface area contributed by atoms with Crippen LogP contribution in [0.15, 0.2) is 4.42 Å². The normalized spacial score (nSPS) is 19.4. The van der Waals surface area contributed by atoms with Gasteiger partial charge in [0, 0.05) is 19.5 Å². The minimum absolute atomic E-state index is 0.0383. The topological polar surface area (TPSA) is 58.4 Å². The SMILES string of the molecule is Cc1nc(C)c(C(=O)N(CC2CCCNC2)C(C)C)o1. The van der Waals surface area contributed by atoms with E-state index in [-0.39, 0.29) is 11.9 Å². The van der Waals surface area contributed by atoms with Crippen LogP contribution in [0.2, 0.25) is 0 Å². The van der Waals surface area contributed by atoms with E-state index in [2.05, 4.69) is 10.3 Å². The van der Waals surface area contributed by atoms with Crippen LogP contribution in [-0.2, 0) is 0 Å². The van der Waals surface area contributed by atoms with E-state index in [0.717, 1.165) is 19.6 Å². The summed E-state index contributed by atoms with van der Waals surface area (Å²) in [4.78, 5) is 18.8. The van der Waals surface area contributed by atoms with Gasteiger partial charge in [0.15, 0.2) is 5.89 Å². The largest absolute Gasteiger partial charge is 0.436 e. The quantitative estimate of drug-likeness (QED) is 0.917. The molecule has 0 bridgehead atoms. The number of nitrogens with one attached hydrogen (secondary N) is 1. The van der Waals surface area contributed by atoms with Crippen LogP contribution in [0.3, 0.4) is 0 Å². The molecule has 112 valence electrons. The maximum Gasteiger partial charge on any atom is 0.291 e. The number of amides is 1. The Balaban J connectivity index is 2.11. The number of piperidine rings is 1. The molecule has 1 aromatic heterocycles. The second-order valence-corrected chi connectivity index (χ2v) is 5.91. The Bertz CT molecular complexity index is 462. The van der Waals surface area contributed by atoms with E-state index in [0.29, 0.717) is 23.3 Å². The van der Waals surface area contributed by atoms with Crippen molar-refractivity contribution < 1.29 is 9.21 Å². The van der Waals surface area contributed by atoms with E-state index in [1.807, 2.05) is 25.7 Å². The van der Waals surface area contributed by atoms with Crippen LogP contribution in [0, 0.1) is 19.8 Å². The van der Waals surface area contributed by atoms with Gasteiger partial charge >= 0.3 is 0 Å². The van der Waals surface area contributed by atoms with Crippen LogP contribution >= 0.6 is 0 Å². The number of nitrogens with zero attached hydrogens (tertiary/aromatic N) is 2. The molecule has 1 fully saturated rings. The number of hydrogen-bond donors (Lipinski definition) is 1. The van der Waals surface area contributed by atoms with Gasteiger partial charge in [-0.05, 0) is 52.6 Å². The molecule has 0 aliphatic carbocycles. The molecule has 0 radical (unpaired) electrons. The van der Waals surface area contributed by atoms with Crippen molar-refractivity contribution in [3.8, 4) is 0 Å². The third-order valence-electron chi connectivity index (χ3n) is 3.84. The molecule has 1 amide bonds. The maximum absolute atomic E-state index is 12.7. The van der Waals surface area contributed by atoms with Gasteiger partial charge in [-0.3, -0.25) is 4.79 Å². The van der Waals surface area contributed by atoms with Gasteiger partial charge in [0.1, 0.15) is 0 Å². The van der Waals surface area contributed by atoms with Crippen molar-refractivity contribution in [1.29, 1.82) is 0 Å². The Morgan fingerprint density at radius 3 is 2.75 bits per heavy atom. The average molecular weight is 279 g/mol. The standard InChI is InChI=1S/C15H25N3O2/c1-10(2)18(9-13-6-5-7-16-8-13)15(19)14-11(3)17-12(4)20-14/h10,13,16H,5-9H2,1-4H3. The summed E-state index contributed by atoms with van der Waals surface area (Å²) >= 11 is 0. The molecule has 1 saturated heterocycles. The molecular formula is C15H25N3O2. The summed E-state index contributed by atoms with van der Waals surface area (Å²) in [6.07, 6.45) is 2.36. The smallest absolute Gasteiger partial charge is 0.291 e. The lowest BCUT2D eigenvalue weighted by atomic mass is 9.98. The summed E-state index contributed by atoms with van der Waals surface area (Å²) < 4.78 is 5.48. The lowest BCUT2D eigenvalue weighted by molar-refractivity contribution is 0.0626. The lowest BCUT2D eigenvalue weighted by Gasteiger charge is -2.32. The van der Waals surface area contributed by atoms with Crippen LogP contribution in [-0.4, -0.2) is 41.5 Å². The van der Waals surface area contributed by atoms with E-state index in [1.54, 1.807) is 6.92 Å². The molecule has 5 nitrogen and oxygen atoms in total. The van der Waals surface area contributed by atoms with Crippen LogP contribution in [0.5, 0.6) is 0 Å². The average Bonchev–Trinajstić information content (AvgIpc) is 2.75. The summed E-state index contributed by atoms with van der Waals surface area (Å²) in [5.41, 5.74) is 0.680. The Morgan fingerprint density at radius 1 is 1.50 bits per heavy atom. The van der Waals surface area contributed by atoms with Crippen LogP contribution < -0.4 is 5.32 Å². The van der Waals surface area contributed by atoms with Gasteiger partial charge < -0.3 is 14.6 Å². The number of carbonyl (C=O) groups excluding carboxylic acids is 1. The van der Waals surface area contributed by atoms with Crippen LogP contribution in [0.25, 0.3) is 0 Å². The second kappa shape index (κ2) is 6.39. The summed E-state index contributed by atoms with van der Waals surface area (Å²) in [5.74, 6) is 1.43. The number of hydrogen-bond acceptors (Lipinski definition) is 4. The molecule has 20 heavy (non-hydrogen) atoms. The predicted octanol–water partition coefficient (Wildman–Crippen LogP) is 2.14. The van der Waals surface area contributed by atoms with Crippen molar-refractivity contribution in [2.24, 2.45) is 5.92 Å². The first-order valence-electron chi connectivity index (χ1n) is 7.44. The highest BCUT2D eigenvalue weighted by Gasteiger charge is 2.27.